The van der Waals surface area contributed by atoms with Crippen LogP contribution in [0.2, 0.25) is 0 Å². The van der Waals surface area contributed by atoms with Crippen molar-refractivity contribution in [3.63, 3.8) is 0 Å². The highest BCUT2D eigenvalue weighted by Gasteiger charge is 2.30. The number of rotatable bonds is 4. The zero-order valence-corrected chi connectivity index (χ0v) is 13.2. The standard InChI is InChI=1S/C17H23FN2O3/c18-14-5-3-13(4-6-14)15(21)12-19-7-9-20(10-8-19)17(22)16-2-1-11-23-16/h3-6,15-16,21H,1-2,7-12H2/t15-,16-/m1/s1. The average Bonchev–Trinajstić information content (AvgIpc) is 3.10. The van der Waals surface area contributed by atoms with Crippen LogP contribution in [0, 0.1) is 5.82 Å². The van der Waals surface area contributed by atoms with Crippen molar-refractivity contribution in [1.29, 1.82) is 0 Å². The van der Waals surface area contributed by atoms with E-state index in [9.17, 15) is 14.3 Å². The van der Waals surface area contributed by atoms with Crippen LogP contribution in [0.4, 0.5) is 4.39 Å². The third-order valence-corrected chi connectivity index (χ3v) is 4.58. The number of aliphatic hydroxyl groups is 1. The fraction of sp³-hybridized carbons (Fsp3) is 0.588. The smallest absolute Gasteiger partial charge is 0.251 e. The first kappa shape index (κ1) is 16.4. The topological polar surface area (TPSA) is 53.0 Å². The van der Waals surface area contributed by atoms with Gasteiger partial charge in [0.2, 0.25) is 0 Å². The molecule has 5 nitrogen and oxygen atoms in total. The Morgan fingerprint density at radius 3 is 2.57 bits per heavy atom. The van der Waals surface area contributed by atoms with Crippen LogP contribution in [0.3, 0.4) is 0 Å². The van der Waals surface area contributed by atoms with E-state index >= 15 is 0 Å². The van der Waals surface area contributed by atoms with E-state index < -0.39 is 6.10 Å². The van der Waals surface area contributed by atoms with Crippen LogP contribution >= 0.6 is 0 Å². The maximum Gasteiger partial charge on any atom is 0.251 e. The van der Waals surface area contributed by atoms with E-state index in [0.717, 1.165) is 25.9 Å². The van der Waals surface area contributed by atoms with Crippen LogP contribution in [-0.2, 0) is 9.53 Å². The van der Waals surface area contributed by atoms with Gasteiger partial charge in [-0.25, -0.2) is 4.39 Å². The summed E-state index contributed by atoms with van der Waals surface area (Å²) in [4.78, 5) is 16.3. The second-order valence-electron chi connectivity index (χ2n) is 6.19. The fourth-order valence-corrected chi connectivity index (χ4v) is 3.16. The molecule has 0 unspecified atom stereocenters. The van der Waals surface area contributed by atoms with E-state index in [4.69, 9.17) is 4.74 Å². The third kappa shape index (κ3) is 4.07. The summed E-state index contributed by atoms with van der Waals surface area (Å²) in [5.74, 6) is -0.205. The summed E-state index contributed by atoms with van der Waals surface area (Å²) in [5.41, 5.74) is 0.712. The molecular weight excluding hydrogens is 299 g/mol. The molecule has 1 aromatic rings. The first-order valence-electron chi connectivity index (χ1n) is 8.20. The molecule has 2 saturated heterocycles. The van der Waals surface area contributed by atoms with Gasteiger partial charge in [0.1, 0.15) is 11.9 Å². The quantitative estimate of drug-likeness (QED) is 0.904. The molecule has 0 bridgehead atoms. The Labute approximate surface area is 135 Å². The molecule has 0 saturated carbocycles. The monoisotopic (exact) mass is 322 g/mol. The van der Waals surface area contributed by atoms with Crippen molar-refractivity contribution in [3.05, 3.63) is 35.6 Å². The van der Waals surface area contributed by atoms with Gasteiger partial charge in [0.05, 0.1) is 6.10 Å². The number of aliphatic hydroxyl groups excluding tert-OH is 1. The maximum atomic E-state index is 12.9. The average molecular weight is 322 g/mol. The Morgan fingerprint density at radius 2 is 1.96 bits per heavy atom. The highest BCUT2D eigenvalue weighted by molar-refractivity contribution is 5.81. The summed E-state index contributed by atoms with van der Waals surface area (Å²) >= 11 is 0. The van der Waals surface area contributed by atoms with Crippen LogP contribution in [-0.4, -0.2) is 66.2 Å². The van der Waals surface area contributed by atoms with Crippen LogP contribution in [0.25, 0.3) is 0 Å². The lowest BCUT2D eigenvalue weighted by Crippen LogP contribution is -2.52. The number of halogens is 1. The van der Waals surface area contributed by atoms with Gasteiger partial charge in [-0.15, -0.1) is 0 Å². The molecule has 6 heteroatoms. The number of nitrogens with zero attached hydrogens (tertiary/aromatic N) is 2. The lowest BCUT2D eigenvalue weighted by atomic mass is 10.1. The first-order chi connectivity index (χ1) is 11.1. The van der Waals surface area contributed by atoms with E-state index in [-0.39, 0.29) is 17.8 Å². The van der Waals surface area contributed by atoms with Crippen LogP contribution < -0.4 is 0 Å². The largest absolute Gasteiger partial charge is 0.387 e. The molecule has 0 radical (unpaired) electrons. The summed E-state index contributed by atoms with van der Waals surface area (Å²) in [5, 5.41) is 10.2. The predicted octanol–water partition coefficient (Wildman–Crippen LogP) is 1.18. The highest BCUT2D eigenvalue weighted by Crippen LogP contribution is 2.18. The van der Waals surface area contributed by atoms with Crippen molar-refractivity contribution in [2.45, 2.75) is 25.0 Å². The van der Waals surface area contributed by atoms with Crippen LogP contribution in [0.15, 0.2) is 24.3 Å². The van der Waals surface area contributed by atoms with Gasteiger partial charge in [-0.2, -0.15) is 0 Å². The van der Waals surface area contributed by atoms with Crippen molar-refractivity contribution in [3.8, 4) is 0 Å². The Hall–Kier alpha value is -1.50. The van der Waals surface area contributed by atoms with Crippen LogP contribution in [0.1, 0.15) is 24.5 Å². The normalized spacial score (nSPS) is 23.9. The molecule has 2 fully saturated rings. The number of carbonyl (C=O) groups excluding carboxylic acids is 1. The molecule has 1 aromatic carbocycles. The van der Waals surface area contributed by atoms with Crippen molar-refractivity contribution in [2.75, 3.05) is 39.3 Å². The van der Waals surface area contributed by atoms with E-state index in [1.807, 2.05) is 4.90 Å². The molecule has 126 valence electrons. The first-order valence-corrected chi connectivity index (χ1v) is 8.20. The fourth-order valence-electron chi connectivity index (χ4n) is 3.16. The number of piperazine rings is 1. The lowest BCUT2D eigenvalue weighted by molar-refractivity contribution is -0.142. The highest BCUT2D eigenvalue weighted by atomic mass is 19.1. The number of amides is 1. The molecule has 2 aliphatic heterocycles. The molecule has 1 N–H and O–H groups in total. The molecule has 2 aliphatic rings. The second-order valence-corrected chi connectivity index (χ2v) is 6.19. The second kappa shape index (κ2) is 7.38. The summed E-state index contributed by atoms with van der Waals surface area (Å²) < 4.78 is 18.4. The maximum absolute atomic E-state index is 12.9. The minimum absolute atomic E-state index is 0.0984. The van der Waals surface area contributed by atoms with Crippen molar-refractivity contribution >= 4 is 5.91 Å². The van der Waals surface area contributed by atoms with Gasteiger partial charge in [-0.05, 0) is 30.5 Å². The van der Waals surface area contributed by atoms with E-state index in [1.165, 1.54) is 12.1 Å². The SMILES string of the molecule is O=C([C@H]1CCCO1)N1CCN(C[C@@H](O)c2ccc(F)cc2)CC1. The molecule has 0 aromatic heterocycles. The predicted molar refractivity (Wildman–Crippen MR) is 83.4 cm³/mol. The molecule has 0 spiro atoms. The number of carbonyl (C=O) groups is 1. The number of hydrogen-bond donors (Lipinski definition) is 1. The zero-order chi connectivity index (χ0) is 16.2. The summed E-state index contributed by atoms with van der Waals surface area (Å²) in [6.45, 7) is 3.96. The van der Waals surface area contributed by atoms with E-state index in [1.54, 1.807) is 12.1 Å². The van der Waals surface area contributed by atoms with Crippen molar-refractivity contribution < 1.29 is 19.0 Å². The third-order valence-electron chi connectivity index (χ3n) is 4.58. The van der Waals surface area contributed by atoms with E-state index in [0.29, 0.717) is 31.8 Å². The van der Waals surface area contributed by atoms with Crippen LogP contribution in [0.5, 0.6) is 0 Å². The minimum atomic E-state index is -0.643. The summed E-state index contributed by atoms with van der Waals surface area (Å²) in [7, 11) is 0. The Balaban J connectivity index is 1.47. The minimum Gasteiger partial charge on any atom is -0.387 e. The number of hydrogen-bond acceptors (Lipinski definition) is 4. The number of benzene rings is 1. The van der Waals surface area contributed by atoms with Gasteiger partial charge in [0.15, 0.2) is 0 Å². The molecule has 2 atom stereocenters. The van der Waals surface area contributed by atoms with Gasteiger partial charge < -0.3 is 14.7 Å². The van der Waals surface area contributed by atoms with Gasteiger partial charge in [0, 0.05) is 39.3 Å². The Morgan fingerprint density at radius 1 is 1.26 bits per heavy atom. The molecular formula is C17H23FN2O3. The Kier molecular flexibility index (Phi) is 5.25. The zero-order valence-electron chi connectivity index (χ0n) is 13.2. The molecule has 0 aliphatic carbocycles. The van der Waals surface area contributed by atoms with Crippen molar-refractivity contribution in [1.82, 2.24) is 9.80 Å². The Bertz CT molecular complexity index is 523. The van der Waals surface area contributed by atoms with Gasteiger partial charge in [-0.3, -0.25) is 9.69 Å². The van der Waals surface area contributed by atoms with Gasteiger partial charge in [-0.1, -0.05) is 12.1 Å². The molecule has 2 heterocycles. The number of β-amino-alcohol motifs (C(OH)–C–C–N with tert-alkyl or cyclic N) is 1. The molecule has 1 amide bonds. The number of ether oxygens (including phenoxy) is 1. The van der Waals surface area contributed by atoms with Gasteiger partial charge in [0.25, 0.3) is 5.91 Å². The van der Waals surface area contributed by atoms with E-state index in [2.05, 4.69) is 4.90 Å². The lowest BCUT2D eigenvalue weighted by Gasteiger charge is -2.36. The van der Waals surface area contributed by atoms with Crippen molar-refractivity contribution in [2.24, 2.45) is 0 Å². The molecule has 23 heavy (non-hydrogen) atoms. The molecule has 3 rings (SSSR count). The summed E-state index contributed by atoms with van der Waals surface area (Å²) in [6.07, 6.45) is 0.880. The van der Waals surface area contributed by atoms with Gasteiger partial charge >= 0.3 is 0 Å². The summed E-state index contributed by atoms with van der Waals surface area (Å²) in [6, 6.07) is 5.93.